The Hall–Kier alpha value is -2.74. The molecule has 0 bridgehead atoms. The van der Waals surface area contributed by atoms with E-state index in [1.807, 2.05) is 42.5 Å². The average molecular weight is 457 g/mol. The van der Waals surface area contributed by atoms with Gasteiger partial charge in [-0.1, -0.05) is 30.3 Å². The number of aromatic nitrogens is 1. The monoisotopic (exact) mass is 457 g/mol. The lowest BCUT2D eigenvalue weighted by molar-refractivity contribution is 0.0950. The van der Waals surface area contributed by atoms with Gasteiger partial charge in [0.1, 0.15) is 0 Å². The molecule has 0 aliphatic carbocycles. The fourth-order valence-electron chi connectivity index (χ4n) is 2.41. The van der Waals surface area contributed by atoms with Gasteiger partial charge in [0, 0.05) is 28.2 Å². The summed E-state index contributed by atoms with van der Waals surface area (Å²) in [5, 5.41) is 5.77. The Morgan fingerprint density at radius 2 is 1.69 bits per heavy atom. The molecule has 130 valence electrons. The van der Waals surface area contributed by atoms with Crippen LogP contribution in [0.5, 0.6) is 0 Å². The molecule has 2 N–H and O–H groups in total. The van der Waals surface area contributed by atoms with Crippen LogP contribution >= 0.6 is 22.6 Å². The molecule has 0 radical (unpaired) electrons. The van der Waals surface area contributed by atoms with Gasteiger partial charge in [-0.3, -0.25) is 14.6 Å². The van der Waals surface area contributed by atoms with Crippen LogP contribution in [0.25, 0.3) is 0 Å². The Labute approximate surface area is 165 Å². The maximum absolute atomic E-state index is 12.5. The van der Waals surface area contributed by atoms with E-state index in [1.54, 1.807) is 24.4 Å². The summed E-state index contributed by atoms with van der Waals surface area (Å²) in [6, 6.07) is 18.2. The summed E-state index contributed by atoms with van der Waals surface area (Å²) in [4.78, 5) is 28.7. The normalized spacial score (nSPS) is 10.2. The van der Waals surface area contributed by atoms with Crippen molar-refractivity contribution in [1.82, 2.24) is 10.3 Å². The van der Waals surface area contributed by atoms with Crippen LogP contribution < -0.4 is 10.6 Å². The van der Waals surface area contributed by atoms with Gasteiger partial charge >= 0.3 is 0 Å². The van der Waals surface area contributed by atoms with Crippen molar-refractivity contribution in [2.45, 2.75) is 6.54 Å². The summed E-state index contributed by atoms with van der Waals surface area (Å²) in [6.45, 7) is 0.302. The highest BCUT2D eigenvalue weighted by atomic mass is 127. The molecule has 0 aliphatic rings. The van der Waals surface area contributed by atoms with Crippen LogP contribution in [0.1, 0.15) is 26.3 Å². The molecular weight excluding hydrogens is 441 g/mol. The lowest BCUT2D eigenvalue weighted by Crippen LogP contribution is -2.24. The maximum atomic E-state index is 12.5. The van der Waals surface area contributed by atoms with Crippen LogP contribution in [0.2, 0.25) is 0 Å². The number of carbonyl (C=O) groups is 2. The second kappa shape index (κ2) is 8.57. The number of pyridine rings is 1. The maximum Gasteiger partial charge on any atom is 0.256 e. The van der Waals surface area contributed by atoms with Gasteiger partial charge < -0.3 is 10.6 Å². The Morgan fingerprint density at radius 3 is 2.46 bits per heavy atom. The molecule has 3 rings (SSSR count). The summed E-state index contributed by atoms with van der Waals surface area (Å²) in [6.07, 6.45) is 3.13. The zero-order valence-electron chi connectivity index (χ0n) is 13.8. The van der Waals surface area contributed by atoms with Crippen molar-refractivity contribution in [3.8, 4) is 0 Å². The molecule has 26 heavy (non-hydrogen) atoms. The van der Waals surface area contributed by atoms with Crippen molar-refractivity contribution in [3.63, 3.8) is 0 Å². The van der Waals surface area contributed by atoms with Crippen LogP contribution in [0.15, 0.2) is 73.1 Å². The highest BCUT2D eigenvalue weighted by molar-refractivity contribution is 14.1. The van der Waals surface area contributed by atoms with Crippen LogP contribution in [0.3, 0.4) is 0 Å². The van der Waals surface area contributed by atoms with E-state index in [9.17, 15) is 9.59 Å². The topological polar surface area (TPSA) is 71.1 Å². The number of rotatable bonds is 5. The van der Waals surface area contributed by atoms with Gasteiger partial charge in [0.2, 0.25) is 0 Å². The molecule has 0 aliphatic heterocycles. The molecule has 0 spiro atoms. The van der Waals surface area contributed by atoms with Crippen LogP contribution in [-0.2, 0) is 6.54 Å². The molecule has 6 heteroatoms. The first kappa shape index (κ1) is 18.1. The van der Waals surface area contributed by atoms with Gasteiger partial charge in [-0.15, -0.1) is 0 Å². The Kier molecular flexibility index (Phi) is 5.96. The molecule has 0 saturated heterocycles. The predicted molar refractivity (Wildman–Crippen MR) is 109 cm³/mol. The van der Waals surface area contributed by atoms with Gasteiger partial charge in [0.05, 0.1) is 11.1 Å². The summed E-state index contributed by atoms with van der Waals surface area (Å²) in [5.74, 6) is -0.391. The minimum atomic E-state index is -0.211. The number of para-hydroxylation sites is 1. The molecule has 0 fully saturated rings. The number of nitrogens with one attached hydrogen (secondary N) is 2. The second-order valence-electron chi connectivity index (χ2n) is 5.52. The number of nitrogens with zero attached hydrogens (tertiary/aromatic N) is 1. The SMILES string of the molecule is O=C(NCc1ccccc1NC(=O)c1ccccc1I)c1cccnc1. The van der Waals surface area contributed by atoms with Crippen LogP contribution in [-0.4, -0.2) is 16.8 Å². The van der Waals surface area contributed by atoms with E-state index < -0.39 is 0 Å². The Balaban J connectivity index is 1.71. The van der Waals surface area contributed by atoms with Crippen LogP contribution in [0.4, 0.5) is 5.69 Å². The zero-order valence-corrected chi connectivity index (χ0v) is 15.9. The number of anilines is 1. The van der Waals surface area contributed by atoms with E-state index in [2.05, 4.69) is 38.2 Å². The molecule has 0 saturated carbocycles. The molecule has 0 atom stereocenters. The van der Waals surface area contributed by atoms with Crippen molar-refractivity contribution in [2.75, 3.05) is 5.32 Å². The van der Waals surface area contributed by atoms with Crippen molar-refractivity contribution in [1.29, 1.82) is 0 Å². The van der Waals surface area contributed by atoms with Gasteiger partial charge in [0.15, 0.2) is 0 Å². The standard InChI is InChI=1S/C20H16IN3O2/c21-17-9-3-2-8-16(17)20(26)24-18-10-4-1-6-14(18)13-23-19(25)15-7-5-11-22-12-15/h1-12H,13H2,(H,23,25)(H,24,26). The van der Waals surface area contributed by atoms with Crippen molar-refractivity contribution in [3.05, 3.63) is 93.3 Å². The van der Waals surface area contributed by atoms with Gasteiger partial charge in [0.25, 0.3) is 11.8 Å². The number of hydrogen-bond donors (Lipinski definition) is 2. The smallest absolute Gasteiger partial charge is 0.256 e. The van der Waals surface area contributed by atoms with Crippen molar-refractivity contribution in [2.24, 2.45) is 0 Å². The quantitative estimate of drug-likeness (QED) is 0.572. The number of benzene rings is 2. The largest absolute Gasteiger partial charge is 0.348 e. The first-order valence-corrected chi connectivity index (χ1v) is 9.05. The van der Waals surface area contributed by atoms with Gasteiger partial charge in [-0.2, -0.15) is 0 Å². The van der Waals surface area contributed by atoms with Gasteiger partial charge in [-0.25, -0.2) is 0 Å². The van der Waals surface area contributed by atoms with Crippen LogP contribution in [0, 0.1) is 3.57 Å². The molecular formula is C20H16IN3O2. The fourth-order valence-corrected chi connectivity index (χ4v) is 3.04. The van der Waals surface area contributed by atoms with Crippen molar-refractivity contribution < 1.29 is 9.59 Å². The molecule has 2 aromatic carbocycles. The lowest BCUT2D eigenvalue weighted by atomic mass is 10.1. The number of amides is 2. The number of halogens is 1. The first-order valence-electron chi connectivity index (χ1n) is 7.97. The van der Waals surface area contributed by atoms with E-state index in [1.165, 1.54) is 6.20 Å². The second-order valence-corrected chi connectivity index (χ2v) is 6.68. The highest BCUT2D eigenvalue weighted by Gasteiger charge is 2.12. The first-order chi connectivity index (χ1) is 12.6. The highest BCUT2D eigenvalue weighted by Crippen LogP contribution is 2.18. The summed E-state index contributed by atoms with van der Waals surface area (Å²) in [7, 11) is 0. The minimum absolute atomic E-state index is 0.180. The van der Waals surface area contributed by atoms with Gasteiger partial charge in [-0.05, 0) is 58.5 Å². The molecule has 1 aromatic heterocycles. The van der Waals surface area contributed by atoms with E-state index in [4.69, 9.17) is 0 Å². The molecule has 3 aromatic rings. The lowest BCUT2D eigenvalue weighted by Gasteiger charge is -2.12. The molecule has 1 heterocycles. The molecule has 2 amide bonds. The molecule has 0 unspecified atom stereocenters. The summed E-state index contributed by atoms with van der Waals surface area (Å²) >= 11 is 2.14. The third-order valence-corrected chi connectivity index (χ3v) is 4.69. The third kappa shape index (κ3) is 4.45. The number of carbonyl (C=O) groups excluding carboxylic acids is 2. The zero-order chi connectivity index (χ0) is 18.4. The fraction of sp³-hybridized carbons (Fsp3) is 0.0500. The summed E-state index contributed by atoms with van der Waals surface area (Å²) in [5.41, 5.74) is 2.60. The van der Waals surface area contributed by atoms with E-state index in [0.717, 1.165) is 9.13 Å². The minimum Gasteiger partial charge on any atom is -0.348 e. The Bertz CT molecular complexity index is 929. The molecule has 5 nitrogen and oxygen atoms in total. The van der Waals surface area contributed by atoms with E-state index in [0.29, 0.717) is 23.4 Å². The predicted octanol–water partition coefficient (Wildman–Crippen LogP) is 3.87. The average Bonchev–Trinajstić information content (AvgIpc) is 2.68. The third-order valence-electron chi connectivity index (χ3n) is 3.75. The number of hydrogen-bond acceptors (Lipinski definition) is 3. The van der Waals surface area contributed by atoms with E-state index >= 15 is 0 Å². The Morgan fingerprint density at radius 1 is 0.923 bits per heavy atom. The summed E-state index contributed by atoms with van der Waals surface area (Å²) < 4.78 is 0.880. The van der Waals surface area contributed by atoms with Crippen molar-refractivity contribution >= 4 is 40.1 Å². The van der Waals surface area contributed by atoms with E-state index in [-0.39, 0.29) is 11.8 Å².